The van der Waals surface area contributed by atoms with Crippen molar-refractivity contribution in [2.24, 2.45) is 35.5 Å². The Morgan fingerprint density at radius 1 is 1.10 bits per heavy atom. The summed E-state index contributed by atoms with van der Waals surface area (Å²) in [6.07, 6.45) is 22.3. The molecule has 2 saturated carbocycles. The number of unbranched alkanes of at least 4 members (excludes halogenated alkanes) is 1. The van der Waals surface area contributed by atoms with Crippen LogP contribution in [0.1, 0.15) is 51.9 Å². The molecule has 0 radical (unpaired) electrons. The van der Waals surface area contributed by atoms with Gasteiger partial charge in [0.1, 0.15) is 15.7 Å². The van der Waals surface area contributed by atoms with E-state index in [1.54, 1.807) is 11.0 Å². The number of hydrogen-bond donors (Lipinski definition) is 0. The van der Waals surface area contributed by atoms with Crippen LogP contribution in [0.25, 0.3) is 0 Å². The molecular formula is C27H40B2. The topological polar surface area (TPSA) is 0 Å². The maximum Gasteiger partial charge on any atom is 0.133 e. The van der Waals surface area contributed by atoms with Crippen molar-refractivity contribution in [1.82, 2.24) is 0 Å². The van der Waals surface area contributed by atoms with Gasteiger partial charge in [0.25, 0.3) is 0 Å². The highest BCUT2D eigenvalue weighted by atomic mass is 14.6. The molecule has 0 aromatic carbocycles. The number of fused-ring (bicyclic) bond motifs is 2. The van der Waals surface area contributed by atoms with E-state index in [4.69, 9.17) is 0 Å². The fourth-order valence-electron chi connectivity index (χ4n) is 6.96. The first-order valence-electron chi connectivity index (χ1n) is 11.9. The van der Waals surface area contributed by atoms with E-state index < -0.39 is 0 Å². The average Bonchev–Trinajstić information content (AvgIpc) is 2.70. The zero-order valence-corrected chi connectivity index (χ0v) is 19.1. The maximum absolute atomic E-state index is 4.59. The van der Waals surface area contributed by atoms with E-state index in [-0.39, 0.29) is 0 Å². The molecule has 0 aliphatic heterocycles. The van der Waals surface area contributed by atoms with Gasteiger partial charge in [-0.25, -0.2) is 0 Å². The SMILES string of the molecule is BC1=CCC2C(C1)C(C(=C)/C=C\C=C)C1CCC(B)CC1C2/C(C)=C/CCC=C. The number of allylic oxidation sites excluding steroid dienone is 9. The maximum atomic E-state index is 4.59. The molecule has 0 bridgehead atoms. The van der Waals surface area contributed by atoms with Gasteiger partial charge in [0, 0.05) is 0 Å². The molecule has 0 heterocycles. The van der Waals surface area contributed by atoms with E-state index in [1.807, 2.05) is 6.08 Å². The van der Waals surface area contributed by atoms with Crippen molar-refractivity contribution in [2.45, 2.75) is 57.7 Å². The summed E-state index contributed by atoms with van der Waals surface area (Å²) in [6, 6.07) is 0. The van der Waals surface area contributed by atoms with Crippen molar-refractivity contribution in [3.63, 3.8) is 0 Å². The first-order valence-corrected chi connectivity index (χ1v) is 11.9. The molecule has 2 heteroatoms. The Labute approximate surface area is 181 Å². The molecule has 29 heavy (non-hydrogen) atoms. The van der Waals surface area contributed by atoms with E-state index in [1.165, 1.54) is 37.7 Å². The van der Waals surface area contributed by atoms with Crippen molar-refractivity contribution < 1.29 is 0 Å². The zero-order chi connectivity index (χ0) is 21.0. The van der Waals surface area contributed by atoms with Gasteiger partial charge in [-0.05, 0) is 74.5 Å². The van der Waals surface area contributed by atoms with Crippen molar-refractivity contribution >= 4 is 15.7 Å². The monoisotopic (exact) mass is 386 g/mol. The normalized spacial score (nSPS) is 37.3. The highest BCUT2D eigenvalue weighted by molar-refractivity contribution is 6.21. The summed E-state index contributed by atoms with van der Waals surface area (Å²) < 4.78 is 0. The molecule has 0 amide bonds. The van der Waals surface area contributed by atoms with Crippen molar-refractivity contribution in [3.05, 3.63) is 72.8 Å². The fraction of sp³-hybridized carbons (Fsp3) is 0.556. The van der Waals surface area contributed by atoms with Gasteiger partial charge in [0.15, 0.2) is 0 Å². The summed E-state index contributed by atoms with van der Waals surface area (Å²) in [6.45, 7) is 14.8. The first-order chi connectivity index (χ1) is 14.0. The Bertz CT molecular complexity index is 710. The fourth-order valence-corrected chi connectivity index (χ4v) is 6.96. The largest absolute Gasteiger partial charge is 0.133 e. The highest BCUT2D eigenvalue weighted by Crippen LogP contribution is 2.60. The summed E-state index contributed by atoms with van der Waals surface area (Å²) in [4.78, 5) is 0. The minimum atomic E-state index is 0.634. The Hall–Kier alpha value is -1.43. The summed E-state index contributed by atoms with van der Waals surface area (Å²) in [5, 5.41) is 0. The lowest BCUT2D eigenvalue weighted by atomic mass is 9.46. The van der Waals surface area contributed by atoms with Crippen LogP contribution in [0, 0.1) is 35.5 Å². The van der Waals surface area contributed by atoms with Crippen LogP contribution in [0.4, 0.5) is 0 Å². The van der Waals surface area contributed by atoms with Crippen LogP contribution in [0.15, 0.2) is 72.8 Å². The molecule has 3 aliphatic rings. The van der Waals surface area contributed by atoms with Crippen LogP contribution in [-0.4, -0.2) is 15.7 Å². The lowest BCUT2D eigenvalue weighted by Crippen LogP contribution is -2.50. The van der Waals surface area contributed by atoms with Gasteiger partial charge in [0.05, 0.1) is 0 Å². The van der Waals surface area contributed by atoms with Gasteiger partial charge in [-0.3, -0.25) is 0 Å². The molecule has 7 atom stereocenters. The van der Waals surface area contributed by atoms with Crippen LogP contribution in [0.3, 0.4) is 0 Å². The third kappa shape index (κ3) is 4.84. The predicted octanol–water partition coefficient (Wildman–Crippen LogP) is 5.82. The van der Waals surface area contributed by atoms with Gasteiger partial charge in [-0.15, -0.1) is 12.1 Å². The quantitative estimate of drug-likeness (QED) is 0.224. The van der Waals surface area contributed by atoms with E-state index in [0.717, 1.165) is 48.2 Å². The smallest absolute Gasteiger partial charge is 0.114 e. The van der Waals surface area contributed by atoms with Crippen molar-refractivity contribution in [3.8, 4) is 0 Å². The third-order valence-electron chi connectivity index (χ3n) is 8.15. The van der Waals surface area contributed by atoms with E-state index in [2.05, 4.69) is 72.7 Å². The molecule has 0 spiro atoms. The second kappa shape index (κ2) is 10.1. The van der Waals surface area contributed by atoms with Gasteiger partial charge in [0.2, 0.25) is 0 Å². The summed E-state index contributed by atoms with van der Waals surface area (Å²) in [7, 11) is 4.81. The molecule has 0 aromatic rings. The molecule has 7 unspecified atom stereocenters. The molecule has 154 valence electrons. The van der Waals surface area contributed by atoms with Gasteiger partial charge < -0.3 is 0 Å². The first kappa shape index (κ1) is 22.3. The van der Waals surface area contributed by atoms with Gasteiger partial charge in [-0.2, -0.15) is 0 Å². The minimum Gasteiger partial charge on any atom is -0.114 e. The van der Waals surface area contributed by atoms with Gasteiger partial charge in [-0.1, -0.05) is 79.4 Å². The predicted molar refractivity (Wildman–Crippen MR) is 135 cm³/mol. The van der Waals surface area contributed by atoms with E-state index in [0.29, 0.717) is 5.92 Å². The number of rotatable bonds is 7. The van der Waals surface area contributed by atoms with Crippen LogP contribution in [0.5, 0.6) is 0 Å². The molecule has 0 nitrogen and oxygen atoms in total. The Morgan fingerprint density at radius 2 is 1.90 bits per heavy atom. The van der Waals surface area contributed by atoms with Crippen LogP contribution >= 0.6 is 0 Å². The average molecular weight is 386 g/mol. The molecule has 0 aromatic heterocycles. The third-order valence-corrected chi connectivity index (χ3v) is 8.15. The second-order valence-corrected chi connectivity index (χ2v) is 10.1. The van der Waals surface area contributed by atoms with Crippen LogP contribution in [0.2, 0.25) is 5.82 Å². The second-order valence-electron chi connectivity index (χ2n) is 10.1. The Morgan fingerprint density at radius 3 is 2.62 bits per heavy atom. The Balaban J connectivity index is 2.01. The molecule has 3 rings (SSSR count). The van der Waals surface area contributed by atoms with Crippen molar-refractivity contribution in [1.29, 1.82) is 0 Å². The van der Waals surface area contributed by atoms with Crippen LogP contribution in [-0.2, 0) is 0 Å². The summed E-state index contributed by atoms with van der Waals surface area (Å²) in [5.74, 6) is 5.34. The minimum absolute atomic E-state index is 0.634. The summed E-state index contributed by atoms with van der Waals surface area (Å²) >= 11 is 0. The molecule has 2 fully saturated rings. The summed E-state index contributed by atoms with van der Waals surface area (Å²) in [5.41, 5.74) is 4.60. The lowest BCUT2D eigenvalue weighted by molar-refractivity contribution is -0.0127. The standard InChI is InChI=1S/C27H40B2/c1-5-7-9-11-19(4)27-23-15-13-20(28)16-24(23)26(18(3)10-8-6-2)22-14-12-21(29)17-25(22)27/h5-6,8,10-11,13,21-27H,1-3,7,9,12,14-17,28-29H2,4H3/b10-8-,19-11+. The van der Waals surface area contributed by atoms with E-state index >= 15 is 0 Å². The Kier molecular flexibility index (Phi) is 7.72. The zero-order valence-electron chi connectivity index (χ0n) is 19.1. The van der Waals surface area contributed by atoms with Crippen molar-refractivity contribution in [2.75, 3.05) is 0 Å². The van der Waals surface area contributed by atoms with Gasteiger partial charge >= 0.3 is 0 Å². The lowest BCUT2D eigenvalue weighted by Gasteiger charge is -2.57. The highest BCUT2D eigenvalue weighted by Gasteiger charge is 2.52. The molecule has 3 aliphatic carbocycles. The molecular weight excluding hydrogens is 346 g/mol. The van der Waals surface area contributed by atoms with E-state index in [9.17, 15) is 0 Å². The molecule has 0 saturated heterocycles. The number of hydrogen-bond acceptors (Lipinski definition) is 0. The molecule has 0 N–H and O–H groups in total. The van der Waals surface area contributed by atoms with Crippen LogP contribution < -0.4 is 0 Å².